The molecule has 3 nitrogen and oxygen atoms in total. The predicted molar refractivity (Wildman–Crippen MR) is 68.3 cm³/mol. The molecule has 88 valence electrons. The quantitative estimate of drug-likeness (QED) is 0.860. The fourth-order valence-corrected chi connectivity index (χ4v) is 4.04. The average molecular weight is 304 g/mol. The van der Waals surface area contributed by atoms with Gasteiger partial charge >= 0.3 is 6.09 Å². The molecule has 0 saturated carbocycles. The zero-order valence-corrected chi connectivity index (χ0v) is 11.5. The van der Waals surface area contributed by atoms with E-state index >= 15 is 0 Å². The first-order valence-electron chi connectivity index (χ1n) is 5.31. The third-order valence-corrected chi connectivity index (χ3v) is 4.70. The van der Waals surface area contributed by atoms with Crippen LogP contribution in [-0.2, 0) is 0 Å². The number of aryl methyl sites for hydroxylation is 1. The Morgan fingerprint density at radius 2 is 2.19 bits per heavy atom. The smallest absolute Gasteiger partial charge is 0.407 e. The predicted octanol–water partition coefficient (Wildman–Crippen LogP) is 3.68. The molecule has 0 aromatic carbocycles. The Hall–Kier alpha value is -0.550. The van der Waals surface area contributed by atoms with Crippen molar-refractivity contribution in [3.63, 3.8) is 0 Å². The van der Waals surface area contributed by atoms with Gasteiger partial charge in [0.2, 0.25) is 0 Å². The minimum Gasteiger partial charge on any atom is -0.465 e. The molecule has 2 heterocycles. The number of carbonyl (C=O) groups is 1. The van der Waals surface area contributed by atoms with Crippen molar-refractivity contribution in [2.75, 3.05) is 13.1 Å². The summed E-state index contributed by atoms with van der Waals surface area (Å²) < 4.78 is 1.17. The molecule has 0 atom stereocenters. The summed E-state index contributed by atoms with van der Waals surface area (Å²) in [6.45, 7) is 3.45. The van der Waals surface area contributed by atoms with Crippen LogP contribution in [0.15, 0.2) is 9.85 Å². The van der Waals surface area contributed by atoms with Crippen LogP contribution in [0.5, 0.6) is 0 Å². The van der Waals surface area contributed by atoms with Crippen LogP contribution in [0.1, 0.15) is 29.2 Å². The summed E-state index contributed by atoms with van der Waals surface area (Å²) >= 11 is 5.26. The molecule has 1 amide bonds. The van der Waals surface area contributed by atoms with Crippen molar-refractivity contribution in [3.05, 3.63) is 20.3 Å². The highest BCUT2D eigenvalue weighted by Crippen LogP contribution is 2.36. The lowest BCUT2D eigenvalue weighted by Gasteiger charge is -2.30. The molecule has 0 aliphatic carbocycles. The summed E-state index contributed by atoms with van der Waals surface area (Å²) in [6, 6.07) is 2.18. The summed E-state index contributed by atoms with van der Waals surface area (Å²) in [4.78, 5) is 13.6. The number of nitrogens with zero attached hydrogens (tertiary/aromatic N) is 1. The highest BCUT2D eigenvalue weighted by atomic mass is 79.9. The molecule has 2 rings (SSSR count). The van der Waals surface area contributed by atoms with Crippen molar-refractivity contribution >= 4 is 33.4 Å². The van der Waals surface area contributed by atoms with E-state index in [2.05, 4.69) is 28.9 Å². The van der Waals surface area contributed by atoms with Gasteiger partial charge in [-0.2, -0.15) is 0 Å². The van der Waals surface area contributed by atoms with E-state index < -0.39 is 6.09 Å². The highest BCUT2D eigenvalue weighted by molar-refractivity contribution is 9.11. The maximum absolute atomic E-state index is 10.8. The van der Waals surface area contributed by atoms with Crippen molar-refractivity contribution in [1.29, 1.82) is 0 Å². The Morgan fingerprint density at radius 3 is 2.62 bits per heavy atom. The van der Waals surface area contributed by atoms with Gasteiger partial charge in [-0.05, 0) is 53.2 Å². The summed E-state index contributed by atoms with van der Waals surface area (Å²) in [5.74, 6) is 0.526. The topological polar surface area (TPSA) is 40.5 Å². The fraction of sp³-hybridized carbons (Fsp3) is 0.545. The zero-order valence-electron chi connectivity index (χ0n) is 9.07. The summed E-state index contributed by atoms with van der Waals surface area (Å²) in [6.07, 6.45) is 1.09. The fourth-order valence-electron chi connectivity index (χ4n) is 2.25. The molecule has 1 aliphatic heterocycles. The summed E-state index contributed by atoms with van der Waals surface area (Å²) in [5.41, 5.74) is 1.39. The van der Waals surface area contributed by atoms with Crippen LogP contribution < -0.4 is 0 Å². The maximum atomic E-state index is 10.8. The number of hydrogen-bond acceptors (Lipinski definition) is 2. The molecule has 1 aromatic rings. The van der Waals surface area contributed by atoms with E-state index in [1.165, 1.54) is 19.1 Å². The second-order valence-electron chi connectivity index (χ2n) is 4.11. The van der Waals surface area contributed by atoms with E-state index in [0.29, 0.717) is 19.0 Å². The molecule has 1 aromatic heterocycles. The number of likely N-dealkylation sites (tertiary alicyclic amines) is 1. The standard InChI is InChI=1S/C11H14BrNO2S/c1-7-9(6-10(12)16-7)8-2-4-13(5-3-8)11(14)15/h6,8H,2-5H2,1H3,(H,14,15). The van der Waals surface area contributed by atoms with Gasteiger partial charge in [0, 0.05) is 18.0 Å². The Labute approximate surface area is 107 Å². The second-order valence-corrected chi connectivity index (χ2v) is 6.74. The lowest BCUT2D eigenvalue weighted by Crippen LogP contribution is -2.36. The van der Waals surface area contributed by atoms with Crippen LogP contribution in [0.3, 0.4) is 0 Å². The Bertz CT molecular complexity index is 397. The van der Waals surface area contributed by atoms with E-state index in [9.17, 15) is 4.79 Å². The van der Waals surface area contributed by atoms with Gasteiger partial charge in [0.1, 0.15) is 0 Å². The van der Waals surface area contributed by atoms with Gasteiger partial charge in [0.05, 0.1) is 3.79 Å². The first kappa shape index (κ1) is 11.9. The van der Waals surface area contributed by atoms with Gasteiger partial charge in [-0.1, -0.05) is 0 Å². The van der Waals surface area contributed by atoms with E-state index in [1.807, 2.05) is 0 Å². The monoisotopic (exact) mass is 303 g/mol. The van der Waals surface area contributed by atoms with Gasteiger partial charge in [-0.25, -0.2) is 4.79 Å². The first-order valence-corrected chi connectivity index (χ1v) is 6.92. The molecule has 0 bridgehead atoms. The lowest BCUT2D eigenvalue weighted by atomic mass is 9.90. The minimum atomic E-state index is -0.790. The van der Waals surface area contributed by atoms with E-state index in [1.54, 1.807) is 11.3 Å². The maximum Gasteiger partial charge on any atom is 0.407 e. The normalized spacial score (nSPS) is 17.8. The largest absolute Gasteiger partial charge is 0.465 e. The molecule has 0 unspecified atom stereocenters. The van der Waals surface area contributed by atoms with Crippen LogP contribution in [0.2, 0.25) is 0 Å². The Balaban J connectivity index is 2.04. The van der Waals surface area contributed by atoms with Crippen molar-refractivity contribution in [1.82, 2.24) is 4.90 Å². The molecule has 1 aliphatic rings. The number of thiophene rings is 1. The molecule has 0 radical (unpaired) electrons. The number of amides is 1. The second kappa shape index (κ2) is 4.75. The zero-order chi connectivity index (χ0) is 11.7. The van der Waals surface area contributed by atoms with Gasteiger partial charge in [-0.15, -0.1) is 11.3 Å². The van der Waals surface area contributed by atoms with E-state index in [0.717, 1.165) is 12.8 Å². The molecule has 1 fully saturated rings. The number of hydrogen-bond donors (Lipinski definition) is 1. The molecule has 16 heavy (non-hydrogen) atoms. The number of piperidine rings is 1. The van der Waals surface area contributed by atoms with Crippen molar-refractivity contribution in [3.8, 4) is 0 Å². The highest BCUT2D eigenvalue weighted by Gasteiger charge is 2.25. The lowest BCUT2D eigenvalue weighted by molar-refractivity contribution is 0.132. The third-order valence-electron chi connectivity index (χ3n) is 3.13. The Morgan fingerprint density at radius 1 is 1.56 bits per heavy atom. The molecular formula is C11H14BrNO2S. The van der Waals surface area contributed by atoms with Gasteiger partial charge in [-0.3, -0.25) is 0 Å². The molecule has 0 spiro atoms. The number of carboxylic acid groups (broad SMARTS) is 1. The molecular weight excluding hydrogens is 290 g/mol. The number of rotatable bonds is 1. The minimum absolute atomic E-state index is 0.526. The van der Waals surface area contributed by atoms with Gasteiger partial charge in [0.15, 0.2) is 0 Å². The summed E-state index contributed by atoms with van der Waals surface area (Å²) in [5, 5.41) is 8.87. The van der Waals surface area contributed by atoms with Crippen LogP contribution in [0.25, 0.3) is 0 Å². The van der Waals surface area contributed by atoms with Gasteiger partial charge in [0.25, 0.3) is 0 Å². The molecule has 5 heteroatoms. The van der Waals surface area contributed by atoms with E-state index in [4.69, 9.17) is 5.11 Å². The van der Waals surface area contributed by atoms with Crippen LogP contribution >= 0.6 is 27.3 Å². The average Bonchev–Trinajstić information content (AvgIpc) is 2.58. The molecule has 1 saturated heterocycles. The van der Waals surface area contributed by atoms with Crippen molar-refractivity contribution in [2.24, 2.45) is 0 Å². The Kier molecular flexibility index (Phi) is 3.54. The third kappa shape index (κ3) is 2.40. The summed E-state index contributed by atoms with van der Waals surface area (Å²) in [7, 11) is 0. The van der Waals surface area contributed by atoms with Crippen molar-refractivity contribution < 1.29 is 9.90 Å². The number of halogens is 1. The van der Waals surface area contributed by atoms with Crippen LogP contribution in [-0.4, -0.2) is 29.2 Å². The van der Waals surface area contributed by atoms with Crippen LogP contribution in [0.4, 0.5) is 4.79 Å². The first-order chi connectivity index (χ1) is 7.58. The molecule has 1 N–H and O–H groups in total. The van der Waals surface area contributed by atoms with E-state index in [-0.39, 0.29) is 0 Å². The van der Waals surface area contributed by atoms with Crippen molar-refractivity contribution in [2.45, 2.75) is 25.7 Å². The van der Waals surface area contributed by atoms with Crippen LogP contribution in [0, 0.1) is 6.92 Å². The SMILES string of the molecule is Cc1sc(Br)cc1C1CCN(C(=O)O)CC1. The van der Waals surface area contributed by atoms with Gasteiger partial charge < -0.3 is 10.0 Å².